The zero-order chi connectivity index (χ0) is 28.7. The van der Waals surface area contributed by atoms with Crippen LogP contribution in [0.25, 0.3) is 0 Å². The summed E-state index contributed by atoms with van der Waals surface area (Å²) in [5.41, 5.74) is 16.3. The van der Waals surface area contributed by atoms with Gasteiger partial charge in [-0.05, 0) is 38.0 Å². The Morgan fingerprint density at radius 2 is 1.51 bits per heavy atom. The average Bonchev–Trinajstić information content (AvgIpc) is 2.81. The second kappa shape index (κ2) is 17.1. The third kappa shape index (κ3) is 14.0. The van der Waals surface area contributed by atoms with Crippen LogP contribution in [0, 0.1) is 11.8 Å². The van der Waals surface area contributed by atoms with E-state index in [1.54, 1.807) is 0 Å². The fraction of sp³-hybridized carbons (Fsp3) is 0.739. The lowest BCUT2D eigenvalue weighted by molar-refractivity contribution is -0.142. The molecule has 0 saturated heterocycles. The fourth-order valence-corrected chi connectivity index (χ4v) is 3.18. The highest BCUT2D eigenvalue weighted by molar-refractivity contribution is 5.94. The van der Waals surface area contributed by atoms with Crippen molar-refractivity contribution in [3.8, 4) is 0 Å². The lowest BCUT2D eigenvalue weighted by atomic mass is 9.99. The smallest absolute Gasteiger partial charge is 0.326 e. The number of nitrogens with one attached hydrogen (secondary N) is 4. The third-order valence-corrected chi connectivity index (χ3v) is 5.65. The van der Waals surface area contributed by atoms with Crippen molar-refractivity contribution >= 4 is 35.6 Å². The Balaban J connectivity index is 5.00. The number of hydrogen-bond acceptors (Lipinski definition) is 7. The summed E-state index contributed by atoms with van der Waals surface area (Å²) in [7, 11) is 0. The van der Waals surface area contributed by atoms with Crippen molar-refractivity contribution in [2.45, 2.75) is 84.5 Å². The van der Waals surface area contributed by atoms with Crippen molar-refractivity contribution in [1.82, 2.24) is 21.3 Å². The van der Waals surface area contributed by atoms with Gasteiger partial charge in [-0.25, -0.2) is 4.79 Å². The van der Waals surface area contributed by atoms with Crippen LogP contribution in [-0.2, 0) is 24.0 Å². The topological polar surface area (TPSA) is 244 Å². The van der Waals surface area contributed by atoms with Gasteiger partial charge in [0.1, 0.15) is 18.1 Å². The number of aliphatic carboxylic acids is 1. The molecule has 37 heavy (non-hydrogen) atoms. The molecule has 5 atom stereocenters. The number of amides is 4. The molecule has 0 fully saturated rings. The average molecular weight is 529 g/mol. The van der Waals surface area contributed by atoms with Gasteiger partial charge >= 0.3 is 5.97 Å². The van der Waals surface area contributed by atoms with Crippen molar-refractivity contribution in [3.05, 3.63) is 0 Å². The van der Waals surface area contributed by atoms with E-state index in [9.17, 15) is 29.1 Å². The maximum Gasteiger partial charge on any atom is 0.326 e. The third-order valence-electron chi connectivity index (χ3n) is 5.65. The van der Waals surface area contributed by atoms with Crippen molar-refractivity contribution in [2.75, 3.05) is 13.1 Å². The normalized spacial score (nSPS) is 14.9. The highest BCUT2D eigenvalue weighted by Gasteiger charge is 2.28. The van der Waals surface area contributed by atoms with Gasteiger partial charge in [0, 0.05) is 6.54 Å². The molecule has 0 aromatic rings. The number of nitrogens with zero attached hydrogens (tertiary/aromatic N) is 1. The number of nitrogens with two attached hydrogens (primary N) is 3. The Morgan fingerprint density at radius 3 is 2.03 bits per heavy atom. The van der Waals surface area contributed by atoms with E-state index in [-0.39, 0.29) is 43.7 Å². The molecule has 0 rings (SSSR count). The molecule has 0 bridgehead atoms. The van der Waals surface area contributed by atoms with Gasteiger partial charge in [-0.3, -0.25) is 24.2 Å². The maximum atomic E-state index is 12.8. The zero-order valence-electron chi connectivity index (χ0n) is 22.4. The lowest BCUT2D eigenvalue weighted by Gasteiger charge is -2.24. The van der Waals surface area contributed by atoms with Crippen molar-refractivity contribution in [1.29, 1.82) is 0 Å². The fourth-order valence-electron chi connectivity index (χ4n) is 3.18. The second-order valence-electron chi connectivity index (χ2n) is 9.46. The Bertz CT molecular complexity index is 815. The summed E-state index contributed by atoms with van der Waals surface area (Å²) in [6.45, 7) is 8.69. The molecule has 0 heterocycles. The Morgan fingerprint density at radius 1 is 0.892 bits per heavy atom. The summed E-state index contributed by atoms with van der Waals surface area (Å²) in [4.78, 5) is 65.1. The van der Waals surface area contributed by atoms with Crippen LogP contribution in [0.15, 0.2) is 4.99 Å². The minimum atomic E-state index is -1.24. The molecule has 11 N–H and O–H groups in total. The van der Waals surface area contributed by atoms with E-state index in [0.29, 0.717) is 12.8 Å². The zero-order valence-corrected chi connectivity index (χ0v) is 22.4. The first-order valence-electron chi connectivity index (χ1n) is 12.4. The predicted molar refractivity (Wildman–Crippen MR) is 139 cm³/mol. The summed E-state index contributed by atoms with van der Waals surface area (Å²) in [6, 6.07) is -4.00. The van der Waals surface area contributed by atoms with Crippen molar-refractivity contribution in [3.63, 3.8) is 0 Å². The SMILES string of the molecule is CC[C@H](C)[C@H](N)C(=O)NCC(=O)N[C@@H](CC(C)C)C(=O)N[C@@H](C)C(=O)N[C@@H](CCCN=C(N)N)C(=O)O. The number of guanidine groups is 1. The number of aliphatic imine (C=N–C) groups is 1. The van der Waals surface area contributed by atoms with Crippen LogP contribution in [-0.4, -0.2) is 77.9 Å². The van der Waals surface area contributed by atoms with E-state index in [0.717, 1.165) is 0 Å². The molecule has 0 aliphatic carbocycles. The van der Waals surface area contributed by atoms with E-state index in [2.05, 4.69) is 26.3 Å². The van der Waals surface area contributed by atoms with Crippen LogP contribution in [0.2, 0.25) is 0 Å². The van der Waals surface area contributed by atoms with Crippen molar-refractivity contribution < 1.29 is 29.1 Å². The molecule has 0 saturated carbocycles. The number of carboxylic acids is 1. The highest BCUT2D eigenvalue weighted by atomic mass is 16.4. The molecule has 0 aromatic carbocycles. The molecule has 14 heteroatoms. The van der Waals surface area contributed by atoms with Crippen molar-refractivity contribution in [2.24, 2.45) is 34.0 Å². The number of hydrogen-bond donors (Lipinski definition) is 8. The van der Waals surface area contributed by atoms with Gasteiger partial charge in [0.05, 0.1) is 12.6 Å². The van der Waals surface area contributed by atoms with Crippen LogP contribution in [0.3, 0.4) is 0 Å². The van der Waals surface area contributed by atoms with Crippen LogP contribution in [0.1, 0.15) is 60.3 Å². The molecular formula is C23H44N8O6. The van der Waals surface area contributed by atoms with E-state index in [4.69, 9.17) is 17.2 Å². The van der Waals surface area contributed by atoms with E-state index < -0.39 is 53.8 Å². The Kier molecular flexibility index (Phi) is 15.5. The first kappa shape index (κ1) is 33.6. The van der Waals surface area contributed by atoms with Crippen LogP contribution >= 0.6 is 0 Å². The monoisotopic (exact) mass is 528 g/mol. The predicted octanol–water partition coefficient (Wildman–Crippen LogP) is -1.87. The summed E-state index contributed by atoms with van der Waals surface area (Å²) in [5.74, 6) is -3.77. The van der Waals surface area contributed by atoms with E-state index in [1.807, 2.05) is 27.7 Å². The summed E-state index contributed by atoms with van der Waals surface area (Å²) in [5, 5.41) is 19.3. The van der Waals surface area contributed by atoms with Crippen LogP contribution in [0.4, 0.5) is 0 Å². The Labute approximate surface area is 217 Å². The summed E-state index contributed by atoms with van der Waals surface area (Å²) in [6.07, 6.45) is 1.37. The van der Waals surface area contributed by atoms with Gasteiger partial charge < -0.3 is 43.6 Å². The minimum absolute atomic E-state index is 0.0233. The number of carboxylic acid groups (broad SMARTS) is 1. The number of carbonyl (C=O) groups excluding carboxylic acids is 4. The molecular weight excluding hydrogens is 484 g/mol. The molecule has 212 valence electrons. The highest BCUT2D eigenvalue weighted by Crippen LogP contribution is 2.07. The maximum absolute atomic E-state index is 12.8. The van der Waals surface area contributed by atoms with Gasteiger partial charge in [0.25, 0.3) is 0 Å². The van der Waals surface area contributed by atoms with E-state index in [1.165, 1.54) is 6.92 Å². The van der Waals surface area contributed by atoms with Crippen LogP contribution in [0.5, 0.6) is 0 Å². The number of rotatable bonds is 17. The number of carbonyl (C=O) groups is 5. The van der Waals surface area contributed by atoms with Crippen LogP contribution < -0.4 is 38.5 Å². The molecule has 0 radical (unpaired) electrons. The Hall–Kier alpha value is -3.42. The van der Waals surface area contributed by atoms with Gasteiger partial charge in [0.15, 0.2) is 5.96 Å². The van der Waals surface area contributed by atoms with Gasteiger partial charge in [-0.15, -0.1) is 0 Å². The first-order valence-corrected chi connectivity index (χ1v) is 12.4. The molecule has 0 aliphatic rings. The van der Waals surface area contributed by atoms with Gasteiger partial charge in [-0.1, -0.05) is 34.1 Å². The second-order valence-corrected chi connectivity index (χ2v) is 9.46. The molecule has 0 aromatic heterocycles. The minimum Gasteiger partial charge on any atom is -0.480 e. The standard InChI is InChI=1S/C23H44N8O6/c1-6-13(4)18(24)21(35)28-11-17(32)30-16(10-12(2)3)20(34)29-14(5)19(33)31-15(22(36)37)8-7-9-27-23(25)26/h12-16,18H,6-11,24H2,1-5H3,(H,28,35)(H,29,34)(H,30,32)(H,31,33)(H,36,37)(H4,25,26,27)/t13-,14-,15-,16-,18-/m0/s1. The molecule has 14 nitrogen and oxygen atoms in total. The molecule has 0 spiro atoms. The summed E-state index contributed by atoms with van der Waals surface area (Å²) < 4.78 is 0. The van der Waals surface area contributed by atoms with Gasteiger partial charge in [-0.2, -0.15) is 0 Å². The molecule has 0 unspecified atom stereocenters. The summed E-state index contributed by atoms with van der Waals surface area (Å²) >= 11 is 0. The molecule has 4 amide bonds. The van der Waals surface area contributed by atoms with E-state index >= 15 is 0 Å². The lowest BCUT2D eigenvalue weighted by Crippen LogP contribution is -2.56. The largest absolute Gasteiger partial charge is 0.480 e. The molecule has 0 aliphatic heterocycles. The van der Waals surface area contributed by atoms with Gasteiger partial charge in [0.2, 0.25) is 23.6 Å². The quantitative estimate of drug-likeness (QED) is 0.0598. The first-order chi connectivity index (χ1) is 17.2.